The number of hydrogen-bond acceptors (Lipinski definition) is 5. The van der Waals surface area contributed by atoms with Crippen LogP contribution in [0.15, 0.2) is 24.3 Å². The summed E-state index contributed by atoms with van der Waals surface area (Å²) in [7, 11) is 3.62. The van der Waals surface area contributed by atoms with E-state index >= 15 is 0 Å². The maximum absolute atomic E-state index is 8.96. The summed E-state index contributed by atoms with van der Waals surface area (Å²) < 4.78 is 13.2. The molecule has 0 saturated carbocycles. The number of benzene rings is 1. The standard InChI is InChI=1S/C19H24N4O2/c1-14-18(19(24-3)22(2)21-14)17-8-5-9-23(17)10-11-25-16-7-4-6-15(12-16)13-20/h4,6-7,12,17H,5,8-11H2,1-3H3. The Balaban J connectivity index is 1.66. The number of aryl methyl sites for hydroxylation is 2. The lowest BCUT2D eigenvalue weighted by molar-refractivity contribution is 0.194. The van der Waals surface area contributed by atoms with Crippen LogP contribution >= 0.6 is 0 Å². The predicted molar refractivity (Wildman–Crippen MR) is 94.7 cm³/mol. The van der Waals surface area contributed by atoms with E-state index in [9.17, 15) is 0 Å². The van der Waals surface area contributed by atoms with Crippen LogP contribution in [0.5, 0.6) is 11.6 Å². The number of nitrogens with zero attached hydrogens (tertiary/aromatic N) is 4. The Labute approximate surface area is 148 Å². The number of hydrogen-bond donors (Lipinski definition) is 0. The smallest absolute Gasteiger partial charge is 0.216 e. The van der Waals surface area contributed by atoms with Gasteiger partial charge in [-0.15, -0.1) is 0 Å². The average Bonchev–Trinajstić information content (AvgIpc) is 3.18. The minimum absolute atomic E-state index is 0.317. The molecule has 0 aliphatic carbocycles. The highest BCUT2D eigenvalue weighted by molar-refractivity contribution is 5.36. The molecule has 1 aromatic carbocycles. The molecule has 0 N–H and O–H groups in total. The fourth-order valence-corrected chi connectivity index (χ4v) is 3.64. The quantitative estimate of drug-likeness (QED) is 0.809. The molecule has 0 radical (unpaired) electrons. The summed E-state index contributed by atoms with van der Waals surface area (Å²) in [6.07, 6.45) is 2.26. The molecule has 6 heteroatoms. The van der Waals surface area contributed by atoms with Crippen molar-refractivity contribution in [3.8, 4) is 17.7 Å². The lowest BCUT2D eigenvalue weighted by Gasteiger charge is -2.25. The number of methoxy groups -OCH3 is 1. The van der Waals surface area contributed by atoms with Crippen molar-refractivity contribution in [1.82, 2.24) is 14.7 Å². The van der Waals surface area contributed by atoms with Crippen LogP contribution in [0.25, 0.3) is 0 Å². The van der Waals surface area contributed by atoms with E-state index in [2.05, 4.69) is 16.1 Å². The van der Waals surface area contributed by atoms with Crippen LogP contribution in [-0.2, 0) is 7.05 Å². The number of rotatable bonds is 6. The Morgan fingerprint density at radius 3 is 3.00 bits per heavy atom. The first kappa shape index (κ1) is 17.3. The average molecular weight is 340 g/mol. The van der Waals surface area contributed by atoms with Crippen molar-refractivity contribution in [3.63, 3.8) is 0 Å². The molecule has 1 unspecified atom stereocenters. The zero-order chi connectivity index (χ0) is 17.8. The molecule has 0 amide bonds. The third-order valence-electron chi connectivity index (χ3n) is 4.71. The zero-order valence-corrected chi connectivity index (χ0v) is 15.0. The van der Waals surface area contributed by atoms with Crippen molar-refractivity contribution in [2.24, 2.45) is 7.05 Å². The van der Waals surface area contributed by atoms with Gasteiger partial charge in [0.25, 0.3) is 0 Å². The van der Waals surface area contributed by atoms with Crippen molar-refractivity contribution >= 4 is 0 Å². The highest BCUT2D eigenvalue weighted by Crippen LogP contribution is 2.38. The van der Waals surface area contributed by atoms with Gasteiger partial charge >= 0.3 is 0 Å². The van der Waals surface area contributed by atoms with Gasteiger partial charge in [0.05, 0.1) is 30.0 Å². The first-order valence-corrected chi connectivity index (χ1v) is 8.58. The van der Waals surface area contributed by atoms with Gasteiger partial charge in [-0.05, 0) is 44.5 Å². The number of aromatic nitrogens is 2. The number of nitriles is 1. The van der Waals surface area contributed by atoms with Crippen molar-refractivity contribution in [3.05, 3.63) is 41.1 Å². The van der Waals surface area contributed by atoms with Gasteiger partial charge in [0.2, 0.25) is 5.88 Å². The van der Waals surface area contributed by atoms with Gasteiger partial charge in [0.15, 0.2) is 0 Å². The molecule has 132 valence electrons. The van der Waals surface area contributed by atoms with Crippen LogP contribution in [0.3, 0.4) is 0 Å². The van der Waals surface area contributed by atoms with E-state index < -0.39 is 0 Å². The normalized spacial score (nSPS) is 17.4. The summed E-state index contributed by atoms with van der Waals surface area (Å²) in [4.78, 5) is 2.43. The molecule has 1 fully saturated rings. The second kappa shape index (κ2) is 7.58. The summed E-state index contributed by atoms with van der Waals surface area (Å²) in [6, 6.07) is 9.73. The van der Waals surface area contributed by atoms with Gasteiger partial charge in [0, 0.05) is 19.6 Å². The Morgan fingerprint density at radius 1 is 1.40 bits per heavy atom. The van der Waals surface area contributed by atoms with Crippen molar-refractivity contribution in [1.29, 1.82) is 5.26 Å². The molecular formula is C19H24N4O2. The molecule has 1 aromatic heterocycles. The largest absolute Gasteiger partial charge is 0.492 e. The fraction of sp³-hybridized carbons (Fsp3) is 0.474. The number of likely N-dealkylation sites (tertiary alicyclic amines) is 1. The topological polar surface area (TPSA) is 63.3 Å². The van der Waals surface area contributed by atoms with E-state index in [0.29, 0.717) is 18.2 Å². The van der Waals surface area contributed by atoms with E-state index in [1.807, 2.05) is 30.8 Å². The molecule has 2 heterocycles. The molecule has 0 bridgehead atoms. The van der Waals surface area contributed by atoms with Gasteiger partial charge < -0.3 is 9.47 Å². The molecule has 6 nitrogen and oxygen atoms in total. The fourth-order valence-electron chi connectivity index (χ4n) is 3.64. The van der Waals surface area contributed by atoms with Crippen molar-refractivity contribution in [2.75, 3.05) is 26.8 Å². The maximum Gasteiger partial charge on any atom is 0.216 e. The first-order chi connectivity index (χ1) is 12.1. The van der Waals surface area contributed by atoms with E-state index in [4.69, 9.17) is 14.7 Å². The van der Waals surface area contributed by atoms with E-state index in [-0.39, 0.29) is 0 Å². The molecule has 2 aromatic rings. The highest BCUT2D eigenvalue weighted by Gasteiger charge is 2.31. The van der Waals surface area contributed by atoms with Crippen LogP contribution in [0, 0.1) is 18.3 Å². The van der Waals surface area contributed by atoms with E-state index in [1.165, 1.54) is 5.56 Å². The second-order valence-electron chi connectivity index (χ2n) is 6.31. The molecular weight excluding hydrogens is 316 g/mol. The van der Waals surface area contributed by atoms with Crippen LogP contribution in [-0.4, -0.2) is 41.5 Å². The SMILES string of the molecule is COc1c(C2CCCN2CCOc2cccc(C#N)c2)c(C)nn1C. The Bertz CT molecular complexity index is 778. The van der Waals surface area contributed by atoms with Gasteiger partial charge in [-0.3, -0.25) is 4.90 Å². The highest BCUT2D eigenvalue weighted by atomic mass is 16.5. The summed E-state index contributed by atoms with van der Waals surface area (Å²) >= 11 is 0. The summed E-state index contributed by atoms with van der Waals surface area (Å²) in [5.74, 6) is 1.59. The van der Waals surface area contributed by atoms with Crippen LogP contribution in [0.1, 0.15) is 35.7 Å². The summed E-state index contributed by atoms with van der Waals surface area (Å²) in [6.45, 7) is 4.51. The molecule has 1 aliphatic rings. The van der Waals surface area contributed by atoms with Crippen LogP contribution in [0.2, 0.25) is 0 Å². The molecule has 25 heavy (non-hydrogen) atoms. The van der Waals surface area contributed by atoms with Crippen molar-refractivity contribution < 1.29 is 9.47 Å². The predicted octanol–water partition coefficient (Wildman–Crippen LogP) is 2.82. The van der Waals surface area contributed by atoms with E-state index in [0.717, 1.165) is 43.3 Å². The molecule has 1 saturated heterocycles. The lowest BCUT2D eigenvalue weighted by Crippen LogP contribution is -2.28. The van der Waals surface area contributed by atoms with Crippen LogP contribution in [0.4, 0.5) is 0 Å². The molecule has 1 atom stereocenters. The van der Waals surface area contributed by atoms with Crippen LogP contribution < -0.4 is 9.47 Å². The summed E-state index contributed by atoms with van der Waals surface area (Å²) in [5, 5.41) is 13.5. The second-order valence-corrected chi connectivity index (χ2v) is 6.31. The Hall–Kier alpha value is -2.52. The van der Waals surface area contributed by atoms with E-state index in [1.54, 1.807) is 19.2 Å². The third-order valence-corrected chi connectivity index (χ3v) is 4.71. The minimum atomic E-state index is 0.317. The molecule has 3 rings (SSSR count). The monoisotopic (exact) mass is 340 g/mol. The van der Waals surface area contributed by atoms with Crippen molar-refractivity contribution in [2.45, 2.75) is 25.8 Å². The molecule has 0 spiro atoms. The van der Waals surface area contributed by atoms with Gasteiger partial charge in [0.1, 0.15) is 12.4 Å². The first-order valence-electron chi connectivity index (χ1n) is 8.58. The zero-order valence-electron chi connectivity index (χ0n) is 15.0. The third kappa shape index (κ3) is 3.62. The van der Waals surface area contributed by atoms with Gasteiger partial charge in [-0.1, -0.05) is 6.07 Å². The molecule has 1 aliphatic heterocycles. The lowest BCUT2D eigenvalue weighted by atomic mass is 10.1. The number of ether oxygens (including phenoxy) is 2. The maximum atomic E-state index is 8.96. The summed E-state index contributed by atoms with van der Waals surface area (Å²) in [5.41, 5.74) is 2.83. The van der Waals surface area contributed by atoms with Gasteiger partial charge in [-0.2, -0.15) is 10.4 Å². The van der Waals surface area contributed by atoms with Gasteiger partial charge in [-0.25, -0.2) is 4.68 Å². The Kier molecular flexibility index (Phi) is 5.25. The minimum Gasteiger partial charge on any atom is -0.492 e. The Morgan fingerprint density at radius 2 is 2.24 bits per heavy atom.